The average Bonchev–Trinajstić information content (AvgIpc) is 3.39. The third-order valence-electron chi connectivity index (χ3n) is 15.5. The Hall–Kier alpha value is -1.66. The van der Waals surface area contributed by atoms with Crippen molar-refractivity contribution in [3.05, 3.63) is 24.3 Å². The van der Waals surface area contributed by atoms with E-state index in [-0.39, 0.29) is 18.5 Å². The molecule has 2 atom stereocenters. The van der Waals surface area contributed by atoms with Crippen molar-refractivity contribution in [1.82, 2.24) is 5.32 Å². The first-order chi connectivity index (χ1) is 36.0. The summed E-state index contributed by atoms with van der Waals surface area (Å²) in [7, 11) is 0. The van der Waals surface area contributed by atoms with E-state index in [0.717, 1.165) is 38.5 Å². The second-order valence-electron chi connectivity index (χ2n) is 22.8. The number of amides is 1. The van der Waals surface area contributed by atoms with Gasteiger partial charge in [0.05, 0.1) is 25.4 Å². The molecule has 0 saturated heterocycles. The summed E-state index contributed by atoms with van der Waals surface area (Å²) in [5, 5.41) is 23.0. The standard InChI is InChI=1S/C67H129NO5/c1-3-5-7-9-11-13-15-16-17-18-31-34-37-41-45-49-53-57-61-67(72)73-62-58-54-50-46-42-38-35-32-29-27-25-23-21-19-20-22-24-26-28-30-33-36-40-44-48-52-56-60-66(71)68-64(63-69)65(70)59-55-51-47-43-39-14-12-10-8-6-4-2/h19-20,55,59,64-65,69-70H,3-18,21-54,56-58,60-63H2,1-2H3,(H,68,71)/b20-19-,59-55+. The van der Waals surface area contributed by atoms with Gasteiger partial charge in [-0.2, -0.15) is 0 Å². The van der Waals surface area contributed by atoms with E-state index in [4.69, 9.17) is 4.74 Å². The first-order valence-electron chi connectivity index (χ1n) is 33.1. The molecule has 0 fully saturated rings. The summed E-state index contributed by atoms with van der Waals surface area (Å²) < 4.78 is 5.51. The molecule has 0 aliphatic rings. The monoisotopic (exact) mass is 1030 g/mol. The SMILES string of the molecule is CCCCCCCCCCC/C=C/C(O)C(CO)NC(=O)CCCCCCCCCCCCC/C=C\CCCCCCCCCCCCCCOC(=O)CCCCCCCCCCCCCCCCCCCC. The molecule has 6 heteroatoms. The van der Waals surface area contributed by atoms with Crippen LogP contribution in [0.25, 0.3) is 0 Å². The van der Waals surface area contributed by atoms with Crippen LogP contribution in [-0.2, 0) is 14.3 Å². The van der Waals surface area contributed by atoms with Gasteiger partial charge in [-0.1, -0.05) is 321 Å². The predicted molar refractivity (Wildman–Crippen MR) is 320 cm³/mol. The van der Waals surface area contributed by atoms with E-state index in [1.54, 1.807) is 6.08 Å². The number of aliphatic hydroxyl groups excluding tert-OH is 2. The summed E-state index contributed by atoms with van der Waals surface area (Å²) in [6.07, 6.45) is 78.2. The van der Waals surface area contributed by atoms with Gasteiger partial charge in [0.25, 0.3) is 0 Å². The van der Waals surface area contributed by atoms with Gasteiger partial charge in [0.2, 0.25) is 5.91 Å². The molecule has 3 N–H and O–H groups in total. The molecule has 0 aromatic heterocycles. The van der Waals surface area contributed by atoms with Crippen molar-refractivity contribution in [1.29, 1.82) is 0 Å². The number of hydrogen-bond acceptors (Lipinski definition) is 5. The Bertz CT molecular complexity index is 1140. The lowest BCUT2D eigenvalue weighted by Gasteiger charge is -2.20. The molecule has 2 unspecified atom stereocenters. The molecule has 0 aliphatic heterocycles. The van der Waals surface area contributed by atoms with E-state index in [1.807, 2.05) is 6.08 Å². The first-order valence-corrected chi connectivity index (χ1v) is 33.1. The normalized spacial score (nSPS) is 12.7. The Morgan fingerprint density at radius 3 is 0.973 bits per heavy atom. The van der Waals surface area contributed by atoms with Crippen molar-refractivity contribution in [2.45, 2.75) is 379 Å². The second kappa shape index (κ2) is 62.9. The minimum absolute atomic E-state index is 0.0195. The summed E-state index contributed by atoms with van der Waals surface area (Å²) in [6.45, 7) is 4.92. The van der Waals surface area contributed by atoms with E-state index in [0.29, 0.717) is 19.4 Å². The van der Waals surface area contributed by atoms with Crippen LogP contribution in [0.3, 0.4) is 0 Å². The van der Waals surface area contributed by atoms with Crippen LogP contribution in [0.15, 0.2) is 24.3 Å². The van der Waals surface area contributed by atoms with Gasteiger partial charge in [-0.3, -0.25) is 9.59 Å². The minimum Gasteiger partial charge on any atom is -0.466 e. The largest absolute Gasteiger partial charge is 0.466 e. The third kappa shape index (κ3) is 59.4. The number of allylic oxidation sites excluding steroid dienone is 3. The van der Waals surface area contributed by atoms with Gasteiger partial charge in [0.15, 0.2) is 0 Å². The van der Waals surface area contributed by atoms with Crippen LogP contribution >= 0.6 is 0 Å². The number of aliphatic hydroxyl groups is 2. The van der Waals surface area contributed by atoms with E-state index in [1.165, 1.54) is 302 Å². The maximum Gasteiger partial charge on any atom is 0.305 e. The highest BCUT2D eigenvalue weighted by atomic mass is 16.5. The van der Waals surface area contributed by atoms with Gasteiger partial charge in [0.1, 0.15) is 0 Å². The quantitative estimate of drug-likeness (QED) is 0.0320. The Morgan fingerprint density at radius 2 is 0.644 bits per heavy atom. The molecular weight excluding hydrogens is 899 g/mol. The summed E-state index contributed by atoms with van der Waals surface area (Å²) in [5.74, 6) is -0.0493. The van der Waals surface area contributed by atoms with Gasteiger partial charge in [0, 0.05) is 12.8 Å². The van der Waals surface area contributed by atoms with Crippen molar-refractivity contribution >= 4 is 11.9 Å². The molecule has 0 saturated carbocycles. The maximum absolute atomic E-state index is 12.4. The van der Waals surface area contributed by atoms with Gasteiger partial charge >= 0.3 is 5.97 Å². The smallest absolute Gasteiger partial charge is 0.305 e. The molecule has 0 bridgehead atoms. The van der Waals surface area contributed by atoms with Gasteiger partial charge in [-0.25, -0.2) is 0 Å². The molecule has 0 radical (unpaired) electrons. The van der Waals surface area contributed by atoms with E-state index >= 15 is 0 Å². The molecule has 0 rings (SSSR count). The molecule has 432 valence electrons. The fourth-order valence-corrected chi connectivity index (χ4v) is 10.4. The van der Waals surface area contributed by atoms with Crippen molar-refractivity contribution in [3.63, 3.8) is 0 Å². The maximum atomic E-state index is 12.4. The number of hydrogen-bond donors (Lipinski definition) is 3. The number of carbonyl (C=O) groups excluding carboxylic acids is 2. The van der Waals surface area contributed by atoms with Crippen LogP contribution in [0.5, 0.6) is 0 Å². The van der Waals surface area contributed by atoms with E-state index < -0.39 is 12.1 Å². The zero-order valence-electron chi connectivity index (χ0n) is 49.4. The zero-order chi connectivity index (χ0) is 52.9. The number of carbonyl (C=O) groups is 2. The Morgan fingerprint density at radius 1 is 0.370 bits per heavy atom. The van der Waals surface area contributed by atoms with Crippen LogP contribution in [0.1, 0.15) is 367 Å². The third-order valence-corrected chi connectivity index (χ3v) is 15.5. The predicted octanol–water partition coefficient (Wildman–Crippen LogP) is 21.0. The molecular formula is C67H129NO5. The van der Waals surface area contributed by atoms with Gasteiger partial charge in [-0.05, 0) is 57.8 Å². The van der Waals surface area contributed by atoms with Crippen LogP contribution in [0.4, 0.5) is 0 Å². The molecule has 0 aromatic carbocycles. The summed E-state index contributed by atoms with van der Waals surface area (Å²) in [5.41, 5.74) is 0. The Balaban J connectivity index is 3.35. The highest BCUT2D eigenvalue weighted by Gasteiger charge is 2.18. The average molecular weight is 1030 g/mol. The van der Waals surface area contributed by atoms with E-state index in [2.05, 4.69) is 31.3 Å². The highest BCUT2D eigenvalue weighted by molar-refractivity contribution is 5.76. The molecule has 0 aromatic rings. The Labute approximate surface area is 456 Å². The first kappa shape index (κ1) is 71.3. The van der Waals surface area contributed by atoms with Crippen LogP contribution < -0.4 is 5.32 Å². The van der Waals surface area contributed by atoms with Gasteiger partial charge < -0.3 is 20.3 Å². The summed E-state index contributed by atoms with van der Waals surface area (Å²) in [4.78, 5) is 24.5. The summed E-state index contributed by atoms with van der Waals surface area (Å²) in [6, 6.07) is -0.627. The van der Waals surface area contributed by atoms with Crippen LogP contribution in [0, 0.1) is 0 Å². The fraction of sp³-hybridized carbons (Fsp3) is 0.910. The Kier molecular flexibility index (Phi) is 61.4. The number of esters is 1. The summed E-state index contributed by atoms with van der Waals surface area (Å²) >= 11 is 0. The molecule has 0 heterocycles. The number of unbranched alkanes of at least 4 members (excludes halogenated alkanes) is 49. The molecule has 0 spiro atoms. The van der Waals surface area contributed by atoms with Crippen molar-refractivity contribution in [2.75, 3.05) is 13.2 Å². The molecule has 6 nitrogen and oxygen atoms in total. The number of nitrogens with one attached hydrogen (secondary N) is 1. The van der Waals surface area contributed by atoms with Gasteiger partial charge in [-0.15, -0.1) is 0 Å². The van der Waals surface area contributed by atoms with Crippen molar-refractivity contribution in [2.24, 2.45) is 0 Å². The van der Waals surface area contributed by atoms with E-state index in [9.17, 15) is 19.8 Å². The lowest BCUT2D eigenvalue weighted by atomic mass is 10.0. The molecule has 0 aliphatic carbocycles. The minimum atomic E-state index is -0.843. The lowest BCUT2D eigenvalue weighted by molar-refractivity contribution is -0.143. The second-order valence-corrected chi connectivity index (χ2v) is 22.8. The molecule has 73 heavy (non-hydrogen) atoms. The van der Waals surface area contributed by atoms with Crippen LogP contribution in [-0.4, -0.2) is 47.4 Å². The zero-order valence-corrected chi connectivity index (χ0v) is 49.4. The molecule has 1 amide bonds. The number of rotatable bonds is 62. The lowest BCUT2D eigenvalue weighted by Crippen LogP contribution is -2.45. The van der Waals surface area contributed by atoms with Crippen molar-refractivity contribution in [3.8, 4) is 0 Å². The van der Waals surface area contributed by atoms with Crippen molar-refractivity contribution < 1.29 is 24.5 Å². The van der Waals surface area contributed by atoms with Crippen LogP contribution in [0.2, 0.25) is 0 Å². The fourth-order valence-electron chi connectivity index (χ4n) is 10.4. The topological polar surface area (TPSA) is 95.9 Å². The highest BCUT2D eigenvalue weighted by Crippen LogP contribution is 2.18. The number of ether oxygens (including phenoxy) is 1.